The number of benzene rings is 1. The van der Waals surface area contributed by atoms with Crippen molar-refractivity contribution < 1.29 is 13.6 Å². The minimum atomic E-state index is -0.846. The molecule has 1 amide bonds. The molecule has 0 unspecified atom stereocenters. The number of nitrogens with one attached hydrogen (secondary N) is 1. The van der Waals surface area contributed by atoms with Crippen LogP contribution >= 0.6 is 0 Å². The van der Waals surface area contributed by atoms with Crippen LogP contribution in [0.3, 0.4) is 0 Å². The summed E-state index contributed by atoms with van der Waals surface area (Å²) in [6.45, 7) is 4.31. The van der Waals surface area contributed by atoms with Gasteiger partial charge >= 0.3 is 0 Å². The third kappa shape index (κ3) is 2.83. The molecule has 3 rings (SSSR count). The molecule has 1 aliphatic carbocycles. The number of nitrogens with zero attached hydrogens (tertiary/aromatic N) is 1. The van der Waals surface area contributed by atoms with Gasteiger partial charge in [-0.1, -0.05) is 12.6 Å². The summed E-state index contributed by atoms with van der Waals surface area (Å²) in [6.07, 6.45) is 4.30. The number of likely N-dealkylation sites (tertiary alicyclic amines) is 1. The van der Waals surface area contributed by atoms with Crippen molar-refractivity contribution in [2.45, 2.75) is 37.4 Å². The van der Waals surface area contributed by atoms with E-state index in [9.17, 15) is 13.6 Å². The van der Waals surface area contributed by atoms with Crippen molar-refractivity contribution in [3.05, 3.63) is 48.1 Å². The lowest BCUT2D eigenvalue weighted by atomic mass is 9.99. The SMILES string of the molecule is C=CC(=O)N[C@@H]1CCN(C2CC2)[C@@H]1c1ccc(F)c(F)c1. The normalized spacial score (nSPS) is 25.8. The number of hydrogen-bond acceptors (Lipinski definition) is 2. The molecule has 0 bridgehead atoms. The Kier molecular flexibility index (Phi) is 3.76. The second-order valence-corrected chi connectivity index (χ2v) is 5.70. The summed E-state index contributed by atoms with van der Waals surface area (Å²) < 4.78 is 26.7. The van der Waals surface area contributed by atoms with E-state index in [-0.39, 0.29) is 18.0 Å². The molecule has 1 aromatic rings. The molecule has 0 aromatic heterocycles. The van der Waals surface area contributed by atoms with Crippen molar-refractivity contribution >= 4 is 5.91 Å². The molecule has 3 nitrogen and oxygen atoms in total. The Bertz CT molecular complexity index is 571. The fourth-order valence-corrected chi connectivity index (χ4v) is 3.15. The average molecular weight is 292 g/mol. The lowest BCUT2D eigenvalue weighted by Crippen LogP contribution is -2.39. The average Bonchev–Trinajstić information content (AvgIpc) is 3.23. The lowest BCUT2D eigenvalue weighted by Gasteiger charge is -2.29. The molecular weight excluding hydrogens is 274 g/mol. The number of hydrogen-bond donors (Lipinski definition) is 1. The van der Waals surface area contributed by atoms with Gasteiger partial charge in [0.1, 0.15) is 0 Å². The van der Waals surface area contributed by atoms with Gasteiger partial charge < -0.3 is 5.32 Å². The molecule has 1 N–H and O–H groups in total. The van der Waals surface area contributed by atoms with E-state index in [1.165, 1.54) is 12.1 Å². The minimum absolute atomic E-state index is 0.0963. The zero-order valence-electron chi connectivity index (χ0n) is 11.7. The van der Waals surface area contributed by atoms with Gasteiger partial charge in [0.2, 0.25) is 5.91 Å². The number of rotatable bonds is 4. The number of carbonyl (C=O) groups is 1. The topological polar surface area (TPSA) is 32.3 Å². The largest absolute Gasteiger partial charge is 0.348 e. The Morgan fingerprint density at radius 1 is 1.29 bits per heavy atom. The summed E-state index contributed by atoms with van der Waals surface area (Å²) in [4.78, 5) is 13.9. The van der Waals surface area contributed by atoms with Crippen LogP contribution in [0, 0.1) is 11.6 Å². The Hall–Kier alpha value is -1.75. The van der Waals surface area contributed by atoms with Crippen LogP contribution in [-0.4, -0.2) is 29.4 Å². The monoisotopic (exact) mass is 292 g/mol. The molecule has 2 atom stereocenters. The van der Waals surface area contributed by atoms with Crippen LogP contribution in [0.2, 0.25) is 0 Å². The van der Waals surface area contributed by atoms with Crippen LogP contribution in [-0.2, 0) is 4.79 Å². The van der Waals surface area contributed by atoms with Gasteiger partial charge in [-0.05, 0) is 43.0 Å². The van der Waals surface area contributed by atoms with Crippen LogP contribution in [0.5, 0.6) is 0 Å². The maximum atomic E-state index is 13.5. The third-order valence-electron chi connectivity index (χ3n) is 4.25. The third-order valence-corrected chi connectivity index (χ3v) is 4.25. The van der Waals surface area contributed by atoms with Gasteiger partial charge in [0.15, 0.2) is 11.6 Å². The first-order valence-corrected chi connectivity index (χ1v) is 7.24. The standard InChI is InChI=1S/C16H18F2N2O/c1-2-15(21)19-14-7-8-20(11-4-5-11)16(14)10-3-6-12(17)13(18)9-10/h2-3,6,9,11,14,16H,1,4-5,7-8H2,(H,19,21)/t14-,16-/m1/s1. The number of halogens is 2. The van der Waals surface area contributed by atoms with E-state index in [0.717, 1.165) is 31.9 Å². The summed E-state index contributed by atoms with van der Waals surface area (Å²) in [5.74, 6) is -1.92. The molecule has 1 saturated carbocycles. The van der Waals surface area contributed by atoms with E-state index >= 15 is 0 Å². The zero-order valence-corrected chi connectivity index (χ0v) is 11.7. The molecule has 2 aliphatic rings. The molecule has 21 heavy (non-hydrogen) atoms. The first-order chi connectivity index (χ1) is 10.1. The summed E-state index contributed by atoms with van der Waals surface area (Å²) >= 11 is 0. The lowest BCUT2D eigenvalue weighted by molar-refractivity contribution is -0.117. The van der Waals surface area contributed by atoms with Gasteiger partial charge in [-0.15, -0.1) is 0 Å². The second-order valence-electron chi connectivity index (χ2n) is 5.70. The van der Waals surface area contributed by atoms with Crippen molar-refractivity contribution in [1.82, 2.24) is 10.2 Å². The zero-order chi connectivity index (χ0) is 15.0. The predicted octanol–water partition coefficient (Wildman–Crippen LogP) is 2.54. The highest BCUT2D eigenvalue weighted by atomic mass is 19.2. The highest BCUT2D eigenvalue weighted by molar-refractivity contribution is 5.87. The summed E-state index contributed by atoms with van der Waals surface area (Å²) in [5, 5.41) is 2.91. The Morgan fingerprint density at radius 2 is 2.05 bits per heavy atom. The van der Waals surface area contributed by atoms with Crippen LogP contribution in [0.1, 0.15) is 30.9 Å². The predicted molar refractivity (Wildman–Crippen MR) is 75.6 cm³/mol. The van der Waals surface area contributed by atoms with Gasteiger partial charge in [0, 0.05) is 12.6 Å². The van der Waals surface area contributed by atoms with E-state index in [4.69, 9.17) is 0 Å². The molecule has 1 aromatic carbocycles. The summed E-state index contributed by atoms with van der Waals surface area (Å²) in [5.41, 5.74) is 0.715. The van der Waals surface area contributed by atoms with Crippen LogP contribution in [0.4, 0.5) is 8.78 Å². The number of carbonyl (C=O) groups excluding carboxylic acids is 1. The molecule has 0 spiro atoms. The molecule has 1 heterocycles. The van der Waals surface area contributed by atoms with Crippen LogP contribution in [0.15, 0.2) is 30.9 Å². The van der Waals surface area contributed by atoms with Crippen LogP contribution in [0.25, 0.3) is 0 Å². The van der Waals surface area contributed by atoms with E-state index in [2.05, 4.69) is 16.8 Å². The maximum absolute atomic E-state index is 13.5. The van der Waals surface area contributed by atoms with Gasteiger partial charge in [-0.2, -0.15) is 0 Å². The summed E-state index contributed by atoms with van der Waals surface area (Å²) in [6, 6.07) is 4.30. The molecule has 1 aliphatic heterocycles. The Morgan fingerprint density at radius 3 is 2.67 bits per heavy atom. The minimum Gasteiger partial charge on any atom is -0.348 e. The molecular formula is C16H18F2N2O. The number of amides is 1. The van der Waals surface area contributed by atoms with E-state index < -0.39 is 11.6 Å². The molecule has 1 saturated heterocycles. The molecule has 0 radical (unpaired) electrons. The first-order valence-electron chi connectivity index (χ1n) is 7.24. The molecule has 112 valence electrons. The fraction of sp³-hybridized carbons (Fsp3) is 0.438. The van der Waals surface area contributed by atoms with E-state index in [1.54, 1.807) is 6.07 Å². The Balaban J connectivity index is 1.89. The quantitative estimate of drug-likeness (QED) is 0.865. The maximum Gasteiger partial charge on any atom is 0.243 e. The van der Waals surface area contributed by atoms with Gasteiger partial charge in [-0.25, -0.2) is 8.78 Å². The second kappa shape index (κ2) is 5.56. The first kappa shape index (κ1) is 14.2. The molecule has 5 heteroatoms. The van der Waals surface area contributed by atoms with E-state index in [1.807, 2.05) is 0 Å². The highest BCUT2D eigenvalue weighted by Crippen LogP contribution is 2.41. The van der Waals surface area contributed by atoms with Gasteiger partial charge in [0.05, 0.1) is 12.1 Å². The van der Waals surface area contributed by atoms with Crippen LogP contribution < -0.4 is 5.32 Å². The van der Waals surface area contributed by atoms with Gasteiger partial charge in [-0.3, -0.25) is 9.69 Å². The highest BCUT2D eigenvalue weighted by Gasteiger charge is 2.43. The van der Waals surface area contributed by atoms with Crippen molar-refractivity contribution in [3.63, 3.8) is 0 Å². The van der Waals surface area contributed by atoms with Crippen molar-refractivity contribution in [3.8, 4) is 0 Å². The van der Waals surface area contributed by atoms with Crippen molar-refractivity contribution in [2.75, 3.05) is 6.54 Å². The van der Waals surface area contributed by atoms with E-state index in [0.29, 0.717) is 11.6 Å². The summed E-state index contributed by atoms with van der Waals surface area (Å²) in [7, 11) is 0. The van der Waals surface area contributed by atoms with Crippen molar-refractivity contribution in [2.24, 2.45) is 0 Å². The fourth-order valence-electron chi connectivity index (χ4n) is 3.15. The smallest absolute Gasteiger partial charge is 0.243 e. The Labute approximate surface area is 122 Å². The van der Waals surface area contributed by atoms with Crippen molar-refractivity contribution in [1.29, 1.82) is 0 Å². The molecule has 2 fully saturated rings. The van der Waals surface area contributed by atoms with Gasteiger partial charge in [0.25, 0.3) is 0 Å².